The quantitative estimate of drug-likeness (QED) is 0.295. The van der Waals surface area contributed by atoms with Gasteiger partial charge in [-0.3, -0.25) is 4.98 Å². The number of hydrogen-bond acceptors (Lipinski definition) is 4. The van der Waals surface area contributed by atoms with E-state index in [2.05, 4.69) is 29.2 Å². The second-order valence-corrected chi connectivity index (χ2v) is 5.09. The topological polar surface area (TPSA) is 71.5 Å². The van der Waals surface area contributed by atoms with Gasteiger partial charge in [0.05, 0.1) is 0 Å². The highest BCUT2D eigenvalue weighted by Crippen LogP contribution is 2.26. The Kier molecular flexibility index (Phi) is 4.41. The Balaban J connectivity index is 2.19. The smallest absolute Gasteiger partial charge is 0.171 e. The van der Waals surface area contributed by atoms with Gasteiger partial charge in [-0.1, -0.05) is 29.4 Å². The molecule has 5 heteroatoms. The number of rotatable bonds is 4. The average molecular weight is 273 g/mol. The highest BCUT2D eigenvalue weighted by atomic mass is 32.2. The van der Waals surface area contributed by atoms with Crippen LogP contribution in [-0.2, 0) is 5.75 Å². The molecule has 0 atom stereocenters. The van der Waals surface area contributed by atoms with Crippen LogP contribution < -0.4 is 5.73 Å². The summed E-state index contributed by atoms with van der Waals surface area (Å²) < 4.78 is 0. The molecule has 1 aromatic heterocycles. The normalized spacial score (nSPS) is 11.5. The van der Waals surface area contributed by atoms with Crippen molar-refractivity contribution in [3.05, 3.63) is 59.4 Å². The predicted octanol–water partition coefficient (Wildman–Crippen LogP) is 2.78. The minimum atomic E-state index is 0.106. The molecule has 0 radical (unpaired) electrons. The lowest BCUT2D eigenvalue weighted by atomic mass is 10.1. The largest absolute Gasteiger partial charge is 0.409 e. The SMILES string of the molecule is Cc1ccccc1CSc1cnccc1/C(N)=N/O. The van der Waals surface area contributed by atoms with Crippen LogP contribution in [0.15, 0.2) is 52.8 Å². The van der Waals surface area contributed by atoms with Crippen molar-refractivity contribution in [3.8, 4) is 0 Å². The van der Waals surface area contributed by atoms with Crippen molar-refractivity contribution in [1.82, 2.24) is 4.98 Å². The van der Waals surface area contributed by atoms with Crippen LogP contribution >= 0.6 is 11.8 Å². The zero-order chi connectivity index (χ0) is 13.7. The van der Waals surface area contributed by atoms with Crippen molar-refractivity contribution < 1.29 is 5.21 Å². The molecule has 98 valence electrons. The summed E-state index contributed by atoms with van der Waals surface area (Å²) in [4.78, 5) is 4.99. The van der Waals surface area contributed by atoms with Gasteiger partial charge in [-0.05, 0) is 24.1 Å². The maximum atomic E-state index is 8.78. The van der Waals surface area contributed by atoms with E-state index in [4.69, 9.17) is 10.9 Å². The molecule has 2 aromatic rings. The molecule has 1 heterocycles. The first-order valence-electron chi connectivity index (χ1n) is 5.81. The fourth-order valence-corrected chi connectivity index (χ4v) is 2.79. The van der Waals surface area contributed by atoms with Gasteiger partial charge < -0.3 is 10.9 Å². The number of oxime groups is 1. The second-order valence-electron chi connectivity index (χ2n) is 4.07. The van der Waals surface area contributed by atoms with Crippen molar-refractivity contribution in [2.45, 2.75) is 17.6 Å². The van der Waals surface area contributed by atoms with Gasteiger partial charge in [-0.15, -0.1) is 11.8 Å². The first-order chi connectivity index (χ1) is 9.22. The molecule has 3 N–H and O–H groups in total. The minimum absolute atomic E-state index is 0.106. The van der Waals surface area contributed by atoms with E-state index < -0.39 is 0 Å². The Morgan fingerprint density at radius 1 is 1.37 bits per heavy atom. The number of nitrogens with two attached hydrogens (primary N) is 1. The van der Waals surface area contributed by atoms with E-state index in [1.807, 2.05) is 12.1 Å². The molecule has 0 fully saturated rings. The number of aryl methyl sites for hydroxylation is 1. The van der Waals surface area contributed by atoms with Gasteiger partial charge in [-0.2, -0.15) is 0 Å². The van der Waals surface area contributed by atoms with Crippen LogP contribution in [0.4, 0.5) is 0 Å². The lowest BCUT2D eigenvalue weighted by molar-refractivity contribution is 0.318. The lowest BCUT2D eigenvalue weighted by Crippen LogP contribution is -2.14. The van der Waals surface area contributed by atoms with Crippen LogP contribution in [0.3, 0.4) is 0 Å². The van der Waals surface area contributed by atoms with E-state index in [0.29, 0.717) is 5.56 Å². The van der Waals surface area contributed by atoms with E-state index in [1.165, 1.54) is 11.1 Å². The molecule has 0 aliphatic rings. The van der Waals surface area contributed by atoms with Crippen molar-refractivity contribution >= 4 is 17.6 Å². The molecule has 0 spiro atoms. The third-order valence-electron chi connectivity index (χ3n) is 2.81. The fraction of sp³-hybridized carbons (Fsp3) is 0.143. The Morgan fingerprint density at radius 2 is 2.16 bits per heavy atom. The second kappa shape index (κ2) is 6.24. The third-order valence-corrected chi connectivity index (χ3v) is 3.90. The van der Waals surface area contributed by atoms with Gasteiger partial charge in [0.1, 0.15) is 0 Å². The average Bonchev–Trinajstić information content (AvgIpc) is 2.46. The van der Waals surface area contributed by atoms with Gasteiger partial charge in [-0.25, -0.2) is 0 Å². The highest BCUT2D eigenvalue weighted by molar-refractivity contribution is 7.98. The van der Waals surface area contributed by atoms with Gasteiger partial charge in [0, 0.05) is 28.6 Å². The number of thioether (sulfide) groups is 1. The molecule has 0 bridgehead atoms. The first-order valence-corrected chi connectivity index (χ1v) is 6.80. The number of pyridine rings is 1. The number of benzene rings is 1. The summed E-state index contributed by atoms with van der Waals surface area (Å²) in [5, 5.41) is 11.8. The Hall–Kier alpha value is -2.01. The molecule has 0 unspecified atom stereocenters. The zero-order valence-electron chi connectivity index (χ0n) is 10.6. The number of nitrogens with zero attached hydrogens (tertiary/aromatic N) is 2. The summed E-state index contributed by atoms with van der Waals surface area (Å²) in [7, 11) is 0. The van der Waals surface area contributed by atoms with Crippen molar-refractivity contribution in [2.75, 3.05) is 0 Å². The van der Waals surface area contributed by atoms with Crippen LogP contribution in [0.25, 0.3) is 0 Å². The standard InChI is InChI=1S/C14H15N3OS/c1-10-4-2-3-5-11(10)9-19-13-8-16-7-6-12(13)14(15)17-18/h2-8,18H,9H2,1H3,(H2,15,17). The molecule has 19 heavy (non-hydrogen) atoms. The van der Waals surface area contributed by atoms with Gasteiger partial charge >= 0.3 is 0 Å². The summed E-state index contributed by atoms with van der Waals surface area (Å²) in [5.41, 5.74) is 8.88. The number of hydrogen-bond donors (Lipinski definition) is 2. The predicted molar refractivity (Wildman–Crippen MR) is 77.5 cm³/mol. The van der Waals surface area contributed by atoms with Gasteiger partial charge in [0.2, 0.25) is 0 Å². The molecule has 0 amide bonds. The summed E-state index contributed by atoms with van der Waals surface area (Å²) in [6.45, 7) is 2.09. The molecule has 0 saturated heterocycles. The number of amidine groups is 1. The molecular weight excluding hydrogens is 258 g/mol. The van der Waals surface area contributed by atoms with Crippen molar-refractivity contribution in [1.29, 1.82) is 0 Å². The third kappa shape index (κ3) is 3.26. The molecule has 0 aliphatic carbocycles. The van der Waals surface area contributed by atoms with E-state index in [1.54, 1.807) is 30.2 Å². The van der Waals surface area contributed by atoms with Crippen molar-refractivity contribution in [3.63, 3.8) is 0 Å². The lowest BCUT2D eigenvalue weighted by Gasteiger charge is -2.08. The molecule has 0 aliphatic heterocycles. The van der Waals surface area contributed by atoms with Gasteiger partial charge in [0.15, 0.2) is 5.84 Å². The van der Waals surface area contributed by atoms with Crippen LogP contribution in [0, 0.1) is 6.92 Å². The van der Waals surface area contributed by atoms with E-state index >= 15 is 0 Å². The summed E-state index contributed by atoms with van der Waals surface area (Å²) >= 11 is 1.62. The Morgan fingerprint density at radius 3 is 2.89 bits per heavy atom. The molecular formula is C14H15N3OS. The maximum Gasteiger partial charge on any atom is 0.171 e. The van der Waals surface area contributed by atoms with E-state index in [0.717, 1.165) is 10.6 Å². The summed E-state index contributed by atoms with van der Waals surface area (Å²) in [6.07, 6.45) is 3.36. The van der Waals surface area contributed by atoms with Gasteiger partial charge in [0.25, 0.3) is 0 Å². The monoisotopic (exact) mass is 273 g/mol. The van der Waals surface area contributed by atoms with E-state index in [9.17, 15) is 0 Å². The first kappa shape index (κ1) is 13.4. The van der Waals surface area contributed by atoms with Crippen LogP contribution in [0.1, 0.15) is 16.7 Å². The van der Waals surface area contributed by atoms with Crippen LogP contribution in [0.5, 0.6) is 0 Å². The molecule has 4 nitrogen and oxygen atoms in total. The Bertz CT molecular complexity index is 599. The molecule has 0 saturated carbocycles. The zero-order valence-corrected chi connectivity index (χ0v) is 11.4. The number of aromatic nitrogens is 1. The Labute approximate surface area is 116 Å². The van der Waals surface area contributed by atoms with Crippen LogP contribution in [-0.4, -0.2) is 16.0 Å². The fourth-order valence-electron chi connectivity index (χ4n) is 1.69. The minimum Gasteiger partial charge on any atom is -0.409 e. The van der Waals surface area contributed by atoms with Crippen molar-refractivity contribution in [2.24, 2.45) is 10.9 Å². The molecule has 2 rings (SSSR count). The molecule has 1 aromatic carbocycles. The summed E-state index contributed by atoms with van der Waals surface area (Å²) in [6, 6.07) is 9.98. The maximum absolute atomic E-state index is 8.78. The summed E-state index contributed by atoms with van der Waals surface area (Å²) in [5.74, 6) is 0.930. The van der Waals surface area contributed by atoms with E-state index in [-0.39, 0.29) is 5.84 Å². The highest BCUT2D eigenvalue weighted by Gasteiger charge is 2.08. The van der Waals surface area contributed by atoms with Crippen LogP contribution in [0.2, 0.25) is 0 Å².